The van der Waals surface area contributed by atoms with Gasteiger partial charge in [0, 0.05) is 40.0 Å². The van der Waals surface area contributed by atoms with Crippen molar-refractivity contribution in [1.29, 1.82) is 0 Å². The van der Waals surface area contributed by atoms with Gasteiger partial charge in [0.15, 0.2) is 5.84 Å². The van der Waals surface area contributed by atoms with Crippen LogP contribution in [0.1, 0.15) is 17.0 Å². The number of H-pyrrole nitrogens is 1. The molecule has 5 rings (SSSR count). The highest BCUT2D eigenvalue weighted by molar-refractivity contribution is 7.08. The van der Waals surface area contributed by atoms with Crippen LogP contribution in [0.25, 0.3) is 22.2 Å². The summed E-state index contributed by atoms with van der Waals surface area (Å²) in [6.07, 6.45) is 0.708. The Balaban J connectivity index is 1.60. The molecule has 0 saturated carbocycles. The van der Waals surface area contributed by atoms with Crippen LogP contribution >= 0.6 is 11.3 Å². The number of hydrogen-bond donors (Lipinski definition) is 4. The first-order valence-corrected chi connectivity index (χ1v) is 9.77. The van der Waals surface area contributed by atoms with Crippen molar-refractivity contribution in [2.75, 3.05) is 7.11 Å². The fraction of sp³-hybridized carbons (Fsp3) is 0.100. The molecule has 4 N–H and O–H groups in total. The molecule has 8 heteroatoms. The van der Waals surface area contributed by atoms with E-state index in [1.807, 2.05) is 30.3 Å². The number of aromatic amines is 1. The number of rotatable bonds is 5. The van der Waals surface area contributed by atoms with Crippen LogP contribution < -0.4 is 21.2 Å². The van der Waals surface area contributed by atoms with Crippen molar-refractivity contribution in [2.45, 2.75) is 6.42 Å². The van der Waals surface area contributed by atoms with Gasteiger partial charge in [-0.05, 0) is 41.3 Å². The van der Waals surface area contributed by atoms with Crippen molar-refractivity contribution in [2.24, 2.45) is 5.10 Å². The van der Waals surface area contributed by atoms with Gasteiger partial charge >= 0.3 is 0 Å². The van der Waals surface area contributed by atoms with E-state index in [1.54, 1.807) is 18.4 Å². The molecular weight excluding hydrogens is 372 g/mol. The number of methoxy groups -OCH3 is 1. The van der Waals surface area contributed by atoms with E-state index in [1.165, 1.54) is 16.5 Å². The van der Waals surface area contributed by atoms with Crippen LogP contribution in [0.2, 0.25) is 0 Å². The number of thiophene rings is 1. The topological polar surface area (TPSA) is 86.4 Å². The Hall–Kier alpha value is -3.36. The fourth-order valence-electron chi connectivity index (χ4n) is 3.41. The maximum atomic E-state index is 5.39. The molecule has 140 valence electrons. The van der Waals surface area contributed by atoms with Gasteiger partial charge < -0.3 is 9.72 Å². The lowest BCUT2D eigenvalue weighted by atomic mass is 10.0. The van der Waals surface area contributed by atoms with Crippen LogP contribution in [-0.2, 0) is 6.42 Å². The molecule has 28 heavy (non-hydrogen) atoms. The Morgan fingerprint density at radius 1 is 1.14 bits per heavy atom. The predicted molar refractivity (Wildman–Crippen MR) is 111 cm³/mol. The van der Waals surface area contributed by atoms with Crippen molar-refractivity contribution in [3.63, 3.8) is 0 Å². The minimum atomic E-state index is 0.670. The highest BCUT2D eigenvalue weighted by Gasteiger charge is 2.16. The molecule has 0 spiro atoms. The number of amidine groups is 1. The van der Waals surface area contributed by atoms with Crippen molar-refractivity contribution in [1.82, 2.24) is 26.5 Å². The Bertz CT molecular complexity index is 1160. The molecule has 1 aliphatic heterocycles. The largest absolute Gasteiger partial charge is 0.497 e. The second kappa shape index (κ2) is 6.99. The van der Waals surface area contributed by atoms with Crippen LogP contribution in [0.4, 0.5) is 0 Å². The van der Waals surface area contributed by atoms with Gasteiger partial charge in [0.05, 0.1) is 12.8 Å². The number of hydrazine groups is 2. The van der Waals surface area contributed by atoms with Gasteiger partial charge in [-0.1, -0.05) is 6.07 Å². The summed E-state index contributed by atoms with van der Waals surface area (Å²) in [5.74, 6) is 1.51. The summed E-state index contributed by atoms with van der Waals surface area (Å²) in [5.41, 5.74) is 14.7. The van der Waals surface area contributed by atoms with Gasteiger partial charge in [-0.15, -0.1) is 10.6 Å². The van der Waals surface area contributed by atoms with E-state index >= 15 is 0 Å². The summed E-state index contributed by atoms with van der Waals surface area (Å²) >= 11 is 1.69. The normalized spacial score (nSPS) is 13.2. The van der Waals surface area contributed by atoms with Gasteiger partial charge in [-0.2, -0.15) is 11.3 Å². The van der Waals surface area contributed by atoms with Crippen molar-refractivity contribution >= 4 is 28.1 Å². The number of hydrazone groups is 1. The maximum absolute atomic E-state index is 5.39. The monoisotopic (exact) mass is 390 g/mol. The predicted octanol–water partition coefficient (Wildman–Crippen LogP) is 3.16. The third-order valence-corrected chi connectivity index (χ3v) is 5.42. The summed E-state index contributed by atoms with van der Waals surface area (Å²) in [5, 5.41) is 9.56. The summed E-state index contributed by atoms with van der Waals surface area (Å²) in [6.45, 7) is 0. The Morgan fingerprint density at radius 2 is 2.11 bits per heavy atom. The first kappa shape index (κ1) is 16.8. The maximum Gasteiger partial charge on any atom is 0.189 e. The first-order valence-electron chi connectivity index (χ1n) is 8.83. The second-order valence-electron chi connectivity index (χ2n) is 6.42. The fourth-order valence-corrected chi connectivity index (χ4v) is 4.06. The highest BCUT2D eigenvalue weighted by Crippen LogP contribution is 2.34. The van der Waals surface area contributed by atoms with Crippen molar-refractivity contribution < 1.29 is 4.74 Å². The van der Waals surface area contributed by atoms with Crippen LogP contribution in [-0.4, -0.2) is 22.9 Å². The first-order chi connectivity index (χ1) is 13.8. The summed E-state index contributed by atoms with van der Waals surface area (Å²) < 4.78 is 5.39. The SMILES string of the molecule is COc1ccc2c(Cc3cccc(C4=NNNN4)n3)c(-c3ccsc3)[nH]c2c1. The van der Waals surface area contributed by atoms with E-state index in [-0.39, 0.29) is 0 Å². The van der Waals surface area contributed by atoms with Crippen LogP contribution in [0.15, 0.2) is 58.3 Å². The Labute approximate surface area is 165 Å². The molecule has 0 unspecified atom stereocenters. The summed E-state index contributed by atoms with van der Waals surface area (Å²) in [4.78, 5) is 8.36. The number of ether oxygens (including phenoxy) is 1. The lowest BCUT2D eigenvalue weighted by molar-refractivity contribution is 0.415. The molecule has 4 aromatic rings. The molecule has 0 aliphatic carbocycles. The molecule has 1 aliphatic rings. The lowest BCUT2D eigenvalue weighted by Crippen LogP contribution is -2.35. The molecule has 3 aromatic heterocycles. The molecule has 0 radical (unpaired) electrons. The van der Waals surface area contributed by atoms with Gasteiger partial charge in [-0.25, -0.2) is 10.5 Å². The van der Waals surface area contributed by atoms with Crippen LogP contribution in [0.3, 0.4) is 0 Å². The smallest absolute Gasteiger partial charge is 0.189 e. The Kier molecular flexibility index (Phi) is 4.19. The number of hydrogen-bond acceptors (Lipinski definition) is 7. The van der Waals surface area contributed by atoms with Gasteiger partial charge in [0.2, 0.25) is 0 Å². The number of fused-ring (bicyclic) bond motifs is 1. The van der Waals surface area contributed by atoms with E-state index in [2.05, 4.69) is 49.5 Å². The highest BCUT2D eigenvalue weighted by atomic mass is 32.1. The molecule has 4 heterocycles. The van der Waals surface area contributed by atoms with Gasteiger partial charge in [0.1, 0.15) is 11.4 Å². The lowest BCUT2D eigenvalue weighted by Gasteiger charge is -2.06. The van der Waals surface area contributed by atoms with Crippen molar-refractivity contribution in [3.05, 3.63) is 70.2 Å². The minimum absolute atomic E-state index is 0.670. The molecule has 0 atom stereocenters. The Morgan fingerprint density at radius 3 is 2.89 bits per heavy atom. The van der Waals surface area contributed by atoms with Gasteiger partial charge in [-0.3, -0.25) is 5.43 Å². The third-order valence-electron chi connectivity index (χ3n) is 4.73. The number of pyridine rings is 1. The second-order valence-corrected chi connectivity index (χ2v) is 7.20. The minimum Gasteiger partial charge on any atom is -0.497 e. The third kappa shape index (κ3) is 2.98. The number of nitrogens with zero attached hydrogens (tertiary/aromatic N) is 2. The average molecular weight is 390 g/mol. The van der Waals surface area contributed by atoms with Crippen LogP contribution in [0.5, 0.6) is 5.75 Å². The molecule has 0 amide bonds. The molecular formula is C20H18N6OS. The van der Waals surface area contributed by atoms with Crippen molar-refractivity contribution in [3.8, 4) is 17.0 Å². The van der Waals surface area contributed by atoms with E-state index in [0.717, 1.165) is 28.3 Å². The zero-order valence-electron chi connectivity index (χ0n) is 15.1. The van der Waals surface area contributed by atoms with E-state index < -0.39 is 0 Å². The summed E-state index contributed by atoms with van der Waals surface area (Å²) in [6, 6.07) is 14.2. The zero-order valence-corrected chi connectivity index (χ0v) is 15.9. The standard InChI is InChI=1S/C20H18N6OS/c1-27-14-5-6-15-16(19(22-18(15)10-14)12-7-8-28-11-12)9-13-3-2-4-17(21-13)20-23-25-26-24-20/h2-8,10-11,22,25-26H,9H2,1H3,(H,23,24). The molecule has 7 nitrogen and oxygen atoms in total. The number of benzene rings is 1. The summed E-state index contributed by atoms with van der Waals surface area (Å²) in [7, 11) is 1.68. The number of aromatic nitrogens is 2. The number of nitrogens with one attached hydrogen (secondary N) is 4. The average Bonchev–Trinajstić information content (AvgIpc) is 3.49. The van der Waals surface area contributed by atoms with Crippen LogP contribution in [0, 0.1) is 0 Å². The molecule has 0 bridgehead atoms. The van der Waals surface area contributed by atoms with E-state index in [4.69, 9.17) is 9.72 Å². The molecule has 1 aromatic carbocycles. The van der Waals surface area contributed by atoms with Gasteiger partial charge in [0.25, 0.3) is 0 Å². The quantitative estimate of drug-likeness (QED) is 0.421. The van der Waals surface area contributed by atoms with E-state index in [0.29, 0.717) is 12.3 Å². The molecule has 0 fully saturated rings. The zero-order chi connectivity index (χ0) is 18.9. The molecule has 0 saturated heterocycles. The van der Waals surface area contributed by atoms with E-state index in [9.17, 15) is 0 Å².